The Bertz CT molecular complexity index is 1620. The molecule has 0 aromatic heterocycles. The summed E-state index contributed by atoms with van der Waals surface area (Å²) < 4.78 is 22.6. The predicted molar refractivity (Wildman–Crippen MR) is 163 cm³/mol. The van der Waals surface area contributed by atoms with Gasteiger partial charge in [-0.15, -0.1) is 0 Å². The summed E-state index contributed by atoms with van der Waals surface area (Å²) in [6.07, 6.45) is 0.710. The Morgan fingerprint density at radius 3 is 2.00 bits per heavy atom. The Hall–Kier alpha value is -4.00. The number of rotatable bonds is 8. The van der Waals surface area contributed by atoms with E-state index >= 15 is 0 Å². The van der Waals surface area contributed by atoms with Crippen LogP contribution in [-0.4, -0.2) is 116 Å². The van der Waals surface area contributed by atoms with E-state index in [2.05, 4.69) is 0 Å². The molecule has 3 aliphatic heterocycles. The molecule has 246 valence electrons. The maximum Gasteiger partial charge on any atom is 0.333 e. The molecule has 12 heteroatoms. The molecule has 0 unspecified atom stereocenters. The second-order valence-electron chi connectivity index (χ2n) is 12.4. The topological polar surface area (TPSA) is 146 Å². The summed E-state index contributed by atoms with van der Waals surface area (Å²) in [6.45, 7) is 7.49. The first-order chi connectivity index (χ1) is 21.8. The van der Waals surface area contributed by atoms with Crippen molar-refractivity contribution in [2.45, 2.75) is 83.8 Å². The van der Waals surface area contributed by atoms with Gasteiger partial charge in [0, 0.05) is 64.6 Å². The molecule has 0 radical (unpaired) electrons. The third-order valence-corrected chi connectivity index (χ3v) is 10.1. The molecule has 12 nitrogen and oxygen atoms in total. The van der Waals surface area contributed by atoms with Crippen LogP contribution in [0.2, 0.25) is 0 Å². The van der Waals surface area contributed by atoms with Crippen molar-refractivity contribution in [1.29, 1.82) is 0 Å². The second-order valence-corrected chi connectivity index (χ2v) is 12.4. The van der Waals surface area contributed by atoms with E-state index in [1.807, 2.05) is 9.80 Å². The Morgan fingerprint density at radius 2 is 1.46 bits per heavy atom. The van der Waals surface area contributed by atoms with Crippen LogP contribution in [0.4, 0.5) is 0 Å². The number of fused-ring (bicyclic) bond motifs is 5. The summed E-state index contributed by atoms with van der Waals surface area (Å²) in [5, 5.41) is 0. The zero-order chi connectivity index (χ0) is 33.9. The SMILES string of the molecule is C/C=C(\C)C(=O)OC[C@H]1C2=C(C[C@H]3[C@H]4C5=C(C(=O)C(C)=C(OC)C5=O)[C@H](OC)[C@@H]([C@H](CC(C)=O)N13)N4C)C(=O)C(C)=C(OC)C2=O. The number of likely N-dealkylation sites (N-methyl/N-ethyl adjacent to an activating group) is 1. The van der Waals surface area contributed by atoms with Crippen LogP contribution in [-0.2, 0) is 47.7 Å². The van der Waals surface area contributed by atoms with Gasteiger partial charge in [0.2, 0.25) is 11.6 Å². The van der Waals surface area contributed by atoms with Crippen molar-refractivity contribution in [1.82, 2.24) is 9.80 Å². The van der Waals surface area contributed by atoms with Gasteiger partial charge in [-0.1, -0.05) is 6.08 Å². The fraction of sp³-hybridized carbons (Fsp3) is 0.529. The van der Waals surface area contributed by atoms with Gasteiger partial charge in [0.05, 0.1) is 32.3 Å². The van der Waals surface area contributed by atoms with Crippen LogP contribution >= 0.6 is 0 Å². The highest BCUT2D eigenvalue weighted by Gasteiger charge is 2.62. The highest BCUT2D eigenvalue weighted by Crippen LogP contribution is 2.50. The monoisotopic (exact) mass is 636 g/mol. The van der Waals surface area contributed by atoms with E-state index in [-0.39, 0.29) is 81.8 Å². The van der Waals surface area contributed by atoms with Gasteiger partial charge in [0.25, 0.3) is 0 Å². The van der Waals surface area contributed by atoms with E-state index in [1.165, 1.54) is 42.1 Å². The molecule has 2 aliphatic carbocycles. The molecule has 0 saturated carbocycles. The minimum atomic E-state index is -0.978. The molecule has 5 aliphatic rings. The van der Waals surface area contributed by atoms with Crippen LogP contribution in [0.1, 0.15) is 47.5 Å². The van der Waals surface area contributed by atoms with E-state index in [0.29, 0.717) is 5.57 Å². The van der Waals surface area contributed by atoms with E-state index in [4.69, 9.17) is 18.9 Å². The van der Waals surface area contributed by atoms with Crippen LogP contribution in [0.3, 0.4) is 0 Å². The van der Waals surface area contributed by atoms with Gasteiger partial charge in [0.1, 0.15) is 18.5 Å². The average Bonchev–Trinajstić information content (AvgIpc) is 3.02. The van der Waals surface area contributed by atoms with Crippen LogP contribution in [0.5, 0.6) is 0 Å². The minimum absolute atomic E-state index is 0.00390. The zero-order valence-electron chi connectivity index (χ0n) is 27.6. The first-order valence-corrected chi connectivity index (χ1v) is 15.2. The highest BCUT2D eigenvalue weighted by atomic mass is 16.5. The summed E-state index contributed by atoms with van der Waals surface area (Å²) >= 11 is 0. The van der Waals surface area contributed by atoms with Crippen LogP contribution in [0.15, 0.2) is 56.6 Å². The zero-order valence-corrected chi connectivity index (χ0v) is 27.6. The number of carbonyl (C=O) groups is 6. The Kier molecular flexibility index (Phi) is 8.93. The number of ether oxygens (including phenoxy) is 4. The van der Waals surface area contributed by atoms with Crippen molar-refractivity contribution in [2.75, 3.05) is 35.0 Å². The normalized spacial score (nSPS) is 30.4. The summed E-state index contributed by atoms with van der Waals surface area (Å²) in [5.74, 6) is -2.67. The molecule has 5 rings (SSSR count). The van der Waals surface area contributed by atoms with Crippen molar-refractivity contribution in [3.63, 3.8) is 0 Å². The molecular formula is C34H40N2O10. The minimum Gasteiger partial charge on any atom is -0.492 e. The number of hydrogen-bond donors (Lipinski definition) is 0. The molecule has 2 bridgehead atoms. The lowest BCUT2D eigenvalue weighted by atomic mass is 9.66. The van der Waals surface area contributed by atoms with Crippen molar-refractivity contribution >= 4 is 34.9 Å². The van der Waals surface area contributed by atoms with Gasteiger partial charge in [0.15, 0.2) is 23.1 Å². The molecule has 46 heavy (non-hydrogen) atoms. The van der Waals surface area contributed by atoms with E-state index < -0.39 is 53.8 Å². The summed E-state index contributed by atoms with van der Waals surface area (Å²) in [5.41, 5.74) is 1.43. The number of methoxy groups -OCH3 is 3. The summed E-state index contributed by atoms with van der Waals surface area (Å²) in [4.78, 5) is 85.8. The summed E-state index contributed by atoms with van der Waals surface area (Å²) in [7, 11) is 5.90. The number of esters is 1. The third kappa shape index (κ3) is 4.76. The Morgan fingerprint density at radius 1 is 0.870 bits per heavy atom. The Labute approximate surface area is 267 Å². The lowest BCUT2D eigenvalue weighted by Crippen LogP contribution is -2.77. The highest BCUT2D eigenvalue weighted by molar-refractivity contribution is 6.26. The average molecular weight is 637 g/mol. The lowest BCUT2D eigenvalue weighted by molar-refractivity contribution is -0.152. The molecule has 0 aromatic rings. The fourth-order valence-corrected chi connectivity index (χ4v) is 8.01. The first kappa shape index (κ1) is 33.4. The quantitative estimate of drug-likeness (QED) is 0.217. The van der Waals surface area contributed by atoms with Crippen molar-refractivity contribution in [3.05, 3.63) is 56.6 Å². The van der Waals surface area contributed by atoms with Gasteiger partial charge < -0.3 is 18.9 Å². The van der Waals surface area contributed by atoms with Gasteiger partial charge in [-0.05, 0) is 48.1 Å². The predicted octanol–water partition coefficient (Wildman–Crippen LogP) is 1.74. The number of hydrogen-bond acceptors (Lipinski definition) is 12. The van der Waals surface area contributed by atoms with Crippen LogP contribution < -0.4 is 0 Å². The number of ketones is 5. The molecule has 3 heterocycles. The number of allylic oxidation sites excluding steroid dienone is 5. The first-order valence-electron chi connectivity index (χ1n) is 15.2. The molecule has 1 fully saturated rings. The van der Waals surface area contributed by atoms with Gasteiger partial charge in [-0.3, -0.25) is 33.8 Å². The molecule has 6 atom stereocenters. The van der Waals surface area contributed by atoms with E-state index in [0.717, 1.165) is 0 Å². The maximum atomic E-state index is 14.1. The number of carbonyl (C=O) groups excluding carboxylic acids is 6. The maximum absolute atomic E-state index is 14.1. The standard InChI is InChI=1S/C34H40N2O10/c1-10-14(2)34(42)46-13-21-22-18(27(38)16(4)31(43-7)29(22)40)12-20-25-23-24(28(39)17(5)32(44-8)30(23)41)33(45-9)26(35(25)6)19(36(20)21)11-15(3)37/h10,19-21,25-26,33H,11-13H2,1-9H3/b14-10+/t19-,20-,21-,25-,26+,33-/m0/s1. The molecular weight excluding hydrogens is 596 g/mol. The van der Waals surface area contributed by atoms with Gasteiger partial charge in [-0.25, -0.2) is 4.79 Å². The van der Waals surface area contributed by atoms with Crippen LogP contribution in [0, 0.1) is 0 Å². The van der Waals surface area contributed by atoms with Gasteiger partial charge >= 0.3 is 5.97 Å². The third-order valence-electron chi connectivity index (χ3n) is 10.1. The second kappa shape index (κ2) is 12.3. The van der Waals surface area contributed by atoms with Crippen molar-refractivity contribution in [3.8, 4) is 0 Å². The fourth-order valence-electron chi connectivity index (χ4n) is 8.01. The smallest absolute Gasteiger partial charge is 0.333 e. The number of Topliss-reactive ketones (excluding diaryl/α,β-unsaturated/α-hetero) is 5. The van der Waals surface area contributed by atoms with E-state index in [9.17, 15) is 28.8 Å². The lowest BCUT2D eigenvalue weighted by Gasteiger charge is -2.63. The molecule has 0 N–H and O–H groups in total. The van der Waals surface area contributed by atoms with Crippen molar-refractivity contribution < 1.29 is 47.7 Å². The molecule has 1 saturated heterocycles. The molecule has 0 aromatic carbocycles. The molecule has 0 spiro atoms. The Balaban J connectivity index is 1.78. The number of nitrogens with zero attached hydrogens (tertiary/aromatic N) is 2. The van der Waals surface area contributed by atoms with Crippen molar-refractivity contribution in [2.24, 2.45) is 0 Å². The van der Waals surface area contributed by atoms with Gasteiger partial charge in [-0.2, -0.15) is 0 Å². The number of piperazine rings is 1. The van der Waals surface area contributed by atoms with E-state index in [1.54, 1.807) is 27.0 Å². The summed E-state index contributed by atoms with van der Waals surface area (Å²) in [6, 6.07) is -3.72. The molecule has 0 amide bonds. The largest absolute Gasteiger partial charge is 0.492 e. The van der Waals surface area contributed by atoms with Crippen LogP contribution in [0.25, 0.3) is 0 Å².